The van der Waals surface area contributed by atoms with Crippen LogP contribution in [0.1, 0.15) is 83.7 Å². The number of aliphatic hydroxyl groups excluding tert-OH is 4. The number of fused-ring (bicyclic) bond motifs is 5. The first-order valence-corrected chi connectivity index (χ1v) is 17.0. The molecule has 12 nitrogen and oxygen atoms in total. The summed E-state index contributed by atoms with van der Waals surface area (Å²) in [4.78, 5) is 12.9. The van der Waals surface area contributed by atoms with Gasteiger partial charge in [-0.2, -0.15) is 0 Å². The molecule has 6 N–H and O–H groups in total. The summed E-state index contributed by atoms with van der Waals surface area (Å²) >= 11 is 0. The maximum Gasteiger partial charge on any atom is 0.328 e. The van der Waals surface area contributed by atoms with Crippen LogP contribution in [0.2, 0.25) is 0 Å². The quantitative estimate of drug-likeness (QED) is 0.213. The number of hydrogen-bond donors (Lipinski definition) is 4. The molecule has 1 radical (unpaired) electrons. The van der Waals surface area contributed by atoms with Crippen LogP contribution in [0.25, 0.3) is 0 Å². The molecule has 1 aliphatic heterocycles. The van der Waals surface area contributed by atoms with Crippen LogP contribution in [-0.4, -0.2) is 90.3 Å². The van der Waals surface area contributed by atoms with Crippen LogP contribution in [0.15, 0.2) is 18.3 Å². The molecule has 12 unspecified atom stereocenters. The van der Waals surface area contributed by atoms with Gasteiger partial charge in [-0.1, -0.05) is 31.9 Å². The standard InChI is InChI=1S/C34H52N3O8.H2O.Pr/c1-4-5-6-20-8-10-25-24-9-7-21-15-23(11-13-34(21,3)26(24)12-14-33(20,25)2)44-28(39)17-37-16-22(35-36-37)19-43-32-31(42)30(41)29(40)27(18-38)45-32;;/h4-5,16,20-21,23-27,29-32,38,40-42H,1,6-15,17-19H2,2-3H3;1H2;/q-1;;/b5-4+;;/t20?,21?,23?,24?,25?,26-,27?,29?,30?,31?,32?,33?,34?;;/m0../s1. The Kier molecular flexibility index (Phi) is 13.4. The molecule has 0 amide bonds. The normalized spacial score (nSPS) is 42.8. The topological polar surface area (TPSA) is 188 Å². The molecule has 5 fully saturated rings. The van der Waals surface area contributed by atoms with Gasteiger partial charge in [-0.15, -0.1) is 5.10 Å². The first-order chi connectivity index (χ1) is 21.6. The molecular formula is C34H54N3O9Pr-. The average molecular weight is 790 g/mol. The molecule has 13 heteroatoms. The second-order valence-corrected chi connectivity index (χ2v) is 15.0. The number of nitrogens with zero attached hydrogens (tertiary/aromatic N) is 3. The van der Waals surface area contributed by atoms with E-state index in [9.17, 15) is 25.2 Å². The summed E-state index contributed by atoms with van der Waals surface area (Å²) in [6.45, 7) is 8.31. The third-order valence-corrected chi connectivity index (χ3v) is 12.8. The first kappa shape index (κ1) is 39.1. The average Bonchev–Trinajstić information content (AvgIpc) is 3.61. The van der Waals surface area contributed by atoms with Crippen molar-refractivity contribution in [3.63, 3.8) is 0 Å². The fourth-order valence-corrected chi connectivity index (χ4v) is 10.3. The molecule has 47 heavy (non-hydrogen) atoms. The summed E-state index contributed by atoms with van der Waals surface area (Å²) in [6.07, 6.45) is 10.9. The zero-order valence-electron chi connectivity index (χ0n) is 27.8. The van der Waals surface area contributed by atoms with E-state index in [-0.39, 0.29) is 72.0 Å². The maximum absolute atomic E-state index is 12.9. The molecule has 5 aliphatic rings. The number of aromatic nitrogens is 3. The molecule has 4 aliphatic carbocycles. The predicted molar refractivity (Wildman–Crippen MR) is 166 cm³/mol. The van der Waals surface area contributed by atoms with E-state index in [4.69, 9.17) is 14.2 Å². The van der Waals surface area contributed by atoms with Crippen LogP contribution in [0.3, 0.4) is 0 Å². The SMILES string of the molecule is O.[CH2-]/C=C/CC1CCC2C3CCC4CC(OC(=O)Cn5cc(COC6OC(CO)C(O)C(O)C6O)nn5)CCC4(C)[C@H]3CCC12C.[Pr]. The van der Waals surface area contributed by atoms with Crippen molar-refractivity contribution in [2.75, 3.05) is 6.61 Å². The zero-order chi connectivity index (χ0) is 31.9. The second-order valence-electron chi connectivity index (χ2n) is 15.0. The van der Waals surface area contributed by atoms with Crippen molar-refractivity contribution >= 4 is 5.97 Å². The second kappa shape index (κ2) is 16.1. The van der Waals surface area contributed by atoms with Crippen molar-refractivity contribution in [2.45, 2.75) is 128 Å². The van der Waals surface area contributed by atoms with Gasteiger partial charge >= 0.3 is 5.97 Å². The molecule has 2 heterocycles. The van der Waals surface area contributed by atoms with Gasteiger partial charge in [0.25, 0.3) is 0 Å². The summed E-state index contributed by atoms with van der Waals surface area (Å²) in [7, 11) is 0. The number of esters is 1. The van der Waals surface area contributed by atoms with Crippen LogP contribution >= 0.6 is 0 Å². The molecule has 263 valence electrons. The maximum atomic E-state index is 12.9. The smallest absolute Gasteiger partial charge is 0.328 e. The summed E-state index contributed by atoms with van der Waals surface area (Å²) in [6, 6.07) is 0. The van der Waals surface area contributed by atoms with E-state index in [1.807, 2.05) is 6.08 Å². The van der Waals surface area contributed by atoms with E-state index in [0.717, 1.165) is 42.9 Å². The third-order valence-electron chi connectivity index (χ3n) is 12.8. The Labute approximate surface area is 311 Å². The zero-order valence-corrected chi connectivity index (χ0v) is 31.5. The van der Waals surface area contributed by atoms with Crippen LogP contribution in [-0.2, 0) is 32.2 Å². The van der Waals surface area contributed by atoms with Crippen LogP contribution in [0.5, 0.6) is 0 Å². The minimum Gasteiger partial charge on any atom is -0.461 e. The Hall–Kier alpha value is -0.696. The predicted octanol–water partition coefficient (Wildman–Crippen LogP) is 2.12. The van der Waals surface area contributed by atoms with E-state index in [1.165, 1.54) is 49.6 Å². The molecule has 6 rings (SSSR count). The molecule has 1 aromatic rings. The molecule has 1 saturated heterocycles. The molecule has 0 aromatic carbocycles. The van der Waals surface area contributed by atoms with Crippen LogP contribution in [0, 0.1) is 88.6 Å². The minimum absolute atomic E-state index is 0. The summed E-state index contributed by atoms with van der Waals surface area (Å²) in [5.41, 5.74) is 1.17. The van der Waals surface area contributed by atoms with E-state index >= 15 is 0 Å². The number of rotatable bonds is 9. The van der Waals surface area contributed by atoms with Gasteiger partial charge in [-0.3, -0.25) is 4.79 Å². The summed E-state index contributed by atoms with van der Waals surface area (Å²) in [5, 5.41) is 47.4. The van der Waals surface area contributed by atoms with Gasteiger partial charge in [-0.25, -0.2) is 23.8 Å². The largest absolute Gasteiger partial charge is 0.461 e. The molecule has 13 atom stereocenters. The minimum atomic E-state index is -1.52. The van der Waals surface area contributed by atoms with Gasteiger partial charge in [0.2, 0.25) is 0 Å². The Morgan fingerprint density at radius 3 is 2.55 bits per heavy atom. The molecule has 1 aromatic heterocycles. The Morgan fingerprint density at radius 2 is 1.81 bits per heavy atom. The molecule has 4 saturated carbocycles. The number of ether oxygens (including phenoxy) is 3. The van der Waals surface area contributed by atoms with Gasteiger partial charge in [0, 0.05) is 41.3 Å². The Morgan fingerprint density at radius 1 is 1.06 bits per heavy atom. The van der Waals surface area contributed by atoms with Crippen LogP contribution < -0.4 is 0 Å². The van der Waals surface area contributed by atoms with Crippen molar-refractivity contribution in [1.82, 2.24) is 15.0 Å². The summed E-state index contributed by atoms with van der Waals surface area (Å²) < 4.78 is 18.3. The van der Waals surface area contributed by atoms with Gasteiger partial charge in [-0.05, 0) is 91.8 Å². The van der Waals surface area contributed by atoms with E-state index in [0.29, 0.717) is 22.4 Å². The third kappa shape index (κ3) is 7.66. The molecular weight excluding hydrogens is 735 g/mol. The number of allylic oxidation sites excluding steroid dienone is 2. The van der Waals surface area contributed by atoms with E-state index in [2.05, 4.69) is 37.2 Å². The fourth-order valence-electron chi connectivity index (χ4n) is 10.3. The fraction of sp³-hybridized carbons (Fsp3) is 0.824. The van der Waals surface area contributed by atoms with Crippen molar-refractivity contribution in [3.05, 3.63) is 31.0 Å². The van der Waals surface area contributed by atoms with Gasteiger partial charge in [0.1, 0.15) is 42.8 Å². The van der Waals surface area contributed by atoms with E-state index < -0.39 is 37.3 Å². The number of carbonyl (C=O) groups excluding carboxylic acids is 1. The number of carbonyl (C=O) groups is 1. The Balaban J connectivity index is 0.00000250. The van der Waals surface area contributed by atoms with Crippen molar-refractivity contribution in [3.8, 4) is 0 Å². The van der Waals surface area contributed by atoms with Gasteiger partial charge < -0.3 is 40.1 Å². The van der Waals surface area contributed by atoms with Gasteiger partial charge in [0.15, 0.2) is 6.29 Å². The first-order valence-electron chi connectivity index (χ1n) is 17.0. The van der Waals surface area contributed by atoms with E-state index in [1.54, 1.807) is 6.20 Å². The monoisotopic (exact) mass is 789 g/mol. The number of hydrogen-bond acceptors (Lipinski definition) is 10. The van der Waals surface area contributed by atoms with Gasteiger partial charge in [0.05, 0.1) is 19.4 Å². The van der Waals surface area contributed by atoms with Crippen molar-refractivity contribution < 1.29 is 86.2 Å². The summed E-state index contributed by atoms with van der Waals surface area (Å²) in [5.74, 6) is 3.46. The van der Waals surface area contributed by atoms with Crippen molar-refractivity contribution in [1.29, 1.82) is 0 Å². The van der Waals surface area contributed by atoms with Crippen LogP contribution in [0.4, 0.5) is 0 Å². The molecule has 0 spiro atoms. The Bertz CT molecular complexity index is 1220. The molecule has 0 bridgehead atoms. The number of aliphatic hydroxyl groups is 4. The van der Waals surface area contributed by atoms with Crippen molar-refractivity contribution in [2.24, 2.45) is 40.4 Å².